The number of nitrogens with one attached hydrogen (secondary N) is 2. The average Bonchev–Trinajstić information content (AvgIpc) is 2.89. The van der Waals surface area contributed by atoms with Crippen molar-refractivity contribution >= 4 is 17.4 Å². The van der Waals surface area contributed by atoms with Crippen LogP contribution in [0.2, 0.25) is 0 Å². The van der Waals surface area contributed by atoms with Crippen molar-refractivity contribution in [2.75, 3.05) is 23.3 Å². The largest absolute Gasteiger partial charge is 0.382 e. The van der Waals surface area contributed by atoms with Crippen LogP contribution in [0, 0.1) is 11.8 Å². The Hall–Kier alpha value is -1.71. The fourth-order valence-corrected chi connectivity index (χ4v) is 3.55. The molecule has 3 unspecified atom stereocenters. The van der Waals surface area contributed by atoms with Crippen molar-refractivity contribution in [1.82, 2.24) is 5.32 Å². The van der Waals surface area contributed by atoms with Crippen molar-refractivity contribution in [1.29, 1.82) is 0 Å². The quantitative estimate of drug-likeness (QED) is 0.894. The van der Waals surface area contributed by atoms with E-state index in [0.717, 1.165) is 36.3 Å². The molecule has 1 aromatic rings. The number of urea groups is 1. The minimum atomic E-state index is 0.00518. The number of carbonyl (C=O) groups is 1. The van der Waals surface area contributed by atoms with Gasteiger partial charge in [-0.05, 0) is 55.4 Å². The Morgan fingerprint density at radius 1 is 1.19 bits per heavy atom. The van der Waals surface area contributed by atoms with E-state index in [1.807, 2.05) is 12.1 Å². The van der Waals surface area contributed by atoms with Crippen LogP contribution in [0.3, 0.4) is 0 Å². The van der Waals surface area contributed by atoms with Crippen LogP contribution in [0.15, 0.2) is 24.3 Å². The van der Waals surface area contributed by atoms with Crippen molar-refractivity contribution in [2.24, 2.45) is 11.8 Å². The zero-order valence-electron chi connectivity index (χ0n) is 12.9. The highest BCUT2D eigenvalue weighted by Crippen LogP contribution is 2.31. The van der Waals surface area contributed by atoms with Crippen molar-refractivity contribution in [2.45, 2.75) is 39.2 Å². The van der Waals surface area contributed by atoms with Gasteiger partial charge in [0.05, 0.1) is 0 Å². The number of rotatable bonds is 3. The number of hydrogen-bond acceptors (Lipinski definition) is 2. The van der Waals surface area contributed by atoms with Crippen LogP contribution in [-0.4, -0.2) is 25.2 Å². The van der Waals surface area contributed by atoms with Crippen LogP contribution in [0.4, 0.5) is 16.2 Å². The lowest BCUT2D eigenvalue weighted by molar-refractivity contribution is 0.252. The van der Waals surface area contributed by atoms with E-state index in [9.17, 15) is 4.79 Å². The van der Waals surface area contributed by atoms with E-state index in [-0.39, 0.29) is 6.03 Å². The zero-order valence-corrected chi connectivity index (χ0v) is 12.9. The first kappa shape index (κ1) is 14.2. The second-order valence-corrected chi connectivity index (χ2v) is 6.58. The Morgan fingerprint density at radius 2 is 1.95 bits per heavy atom. The van der Waals surface area contributed by atoms with Gasteiger partial charge < -0.3 is 10.6 Å². The summed E-state index contributed by atoms with van der Waals surface area (Å²) in [5.74, 6) is 1.58. The van der Waals surface area contributed by atoms with Crippen LogP contribution < -0.4 is 15.5 Å². The van der Waals surface area contributed by atoms with E-state index in [1.54, 1.807) is 4.90 Å². The maximum Gasteiger partial charge on any atom is 0.321 e. The van der Waals surface area contributed by atoms with Gasteiger partial charge in [0.25, 0.3) is 0 Å². The summed E-state index contributed by atoms with van der Waals surface area (Å²) >= 11 is 0. The van der Waals surface area contributed by atoms with E-state index < -0.39 is 0 Å². The molecule has 1 aromatic carbocycles. The molecule has 1 aliphatic heterocycles. The van der Waals surface area contributed by atoms with Gasteiger partial charge in [0.1, 0.15) is 0 Å². The SMILES string of the molecule is CC1CCC(Nc2ccc(N3CCNC3=O)cc2)C(C)C1. The van der Waals surface area contributed by atoms with Crippen molar-refractivity contribution in [3.05, 3.63) is 24.3 Å². The normalized spacial score (nSPS) is 29.3. The third-order valence-electron chi connectivity index (χ3n) is 4.82. The molecule has 2 aliphatic rings. The Kier molecular flexibility index (Phi) is 4.04. The third-order valence-corrected chi connectivity index (χ3v) is 4.82. The molecule has 0 radical (unpaired) electrons. The molecule has 4 nitrogen and oxygen atoms in total. The highest BCUT2D eigenvalue weighted by atomic mass is 16.2. The molecule has 3 atom stereocenters. The first-order valence-corrected chi connectivity index (χ1v) is 8.05. The highest BCUT2D eigenvalue weighted by Gasteiger charge is 2.25. The minimum Gasteiger partial charge on any atom is -0.382 e. The first-order valence-electron chi connectivity index (χ1n) is 8.05. The van der Waals surface area contributed by atoms with Gasteiger partial charge in [-0.3, -0.25) is 4.90 Å². The monoisotopic (exact) mass is 287 g/mol. The van der Waals surface area contributed by atoms with Gasteiger partial charge in [0.2, 0.25) is 0 Å². The van der Waals surface area contributed by atoms with Crippen LogP contribution >= 0.6 is 0 Å². The molecule has 4 heteroatoms. The van der Waals surface area contributed by atoms with Gasteiger partial charge in [0.15, 0.2) is 0 Å². The standard InChI is InChI=1S/C17H25N3O/c1-12-3-8-16(13(2)11-12)19-14-4-6-15(7-5-14)20-10-9-18-17(20)21/h4-7,12-13,16,19H,3,8-11H2,1-2H3,(H,18,21). The Morgan fingerprint density at radius 3 is 2.57 bits per heavy atom. The first-order chi connectivity index (χ1) is 10.1. The second-order valence-electron chi connectivity index (χ2n) is 6.58. The molecule has 2 N–H and O–H groups in total. The number of benzene rings is 1. The molecule has 2 fully saturated rings. The van der Waals surface area contributed by atoms with E-state index in [1.165, 1.54) is 19.3 Å². The summed E-state index contributed by atoms with van der Waals surface area (Å²) in [5, 5.41) is 6.49. The van der Waals surface area contributed by atoms with Gasteiger partial charge in [-0.15, -0.1) is 0 Å². The van der Waals surface area contributed by atoms with Crippen LogP contribution in [0.5, 0.6) is 0 Å². The van der Waals surface area contributed by atoms with Gasteiger partial charge in [-0.1, -0.05) is 13.8 Å². The van der Waals surface area contributed by atoms with Gasteiger partial charge in [0, 0.05) is 30.5 Å². The topological polar surface area (TPSA) is 44.4 Å². The summed E-state index contributed by atoms with van der Waals surface area (Å²) < 4.78 is 0. The van der Waals surface area contributed by atoms with Crippen molar-refractivity contribution in [3.63, 3.8) is 0 Å². The van der Waals surface area contributed by atoms with Gasteiger partial charge >= 0.3 is 6.03 Å². The summed E-state index contributed by atoms with van der Waals surface area (Å²) in [6.45, 7) is 6.18. The Balaban J connectivity index is 1.63. The lowest BCUT2D eigenvalue weighted by atomic mass is 9.80. The molecule has 0 aromatic heterocycles. The van der Waals surface area contributed by atoms with Gasteiger partial charge in [-0.25, -0.2) is 4.79 Å². The molecule has 3 rings (SSSR count). The predicted molar refractivity (Wildman–Crippen MR) is 86.8 cm³/mol. The van der Waals surface area contributed by atoms with E-state index in [4.69, 9.17) is 0 Å². The van der Waals surface area contributed by atoms with Crippen LogP contribution in [0.25, 0.3) is 0 Å². The molecular weight excluding hydrogens is 262 g/mol. The number of hydrogen-bond donors (Lipinski definition) is 2. The second kappa shape index (κ2) is 5.96. The molecule has 1 heterocycles. The predicted octanol–water partition coefficient (Wildman–Crippen LogP) is 3.45. The number of amides is 2. The summed E-state index contributed by atoms with van der Waals surface area (Å²) in [7, 11) is 0. The molecule has 1 saturated heterocycles. The summed E-state index contributed by atoms with van der Waals surface area (Å²) in [5.41, 5.74) is 2.13. The van der Waals surface area contributed by atoms with Crippen molar-refractivity contribution in [3.8, 4) is 0 Å². The maximum atomic E-state index is 11.6. The molecule has 21 heavy (non-hydrogen) atoms. The van der Waals surface area contributed by atoms with Crippen molar-refractivity contribution < 1.29 is 4.79 Å². The van der Waals surface area contributed by atoms with E-state index in [0.29, 0.717) is 6.04 Å². The van der Waals surface area contributed by atoms with Crippen LogP contribution in [0.1, 0.15) is 33.1 Å². The smallest absolute Gasteiger partial charge is 0.321 e. The Bertz CT molecular complexity index is 499. The molecule has 1 saturated carbocycles. The van der Waals surface area contributed by atoms with E-state index >= 15 is 0 Å². The number of carbonyl (C=O) groups excluding carboxylic acids is 1. The molecular formula is C17H25N3O. The van der Waals surface area contributed by atoms with E-state index in [2.05, 4.69) is 36.6 Å². The lowest BCUT2D eigenvalue weighted by Crippen LogP contribution is -2.33. The minimum absolute atomic E-state index is 0.00518. The number of anilines is 2. The Labute approximate surface area is 126 Å². The fraction of sp³-hybridized carbons (Fsp3) is 0.588. The molecule has 114 valence electrons. The molecule has 0 bridgehead atoms. The molecule has 1 aliphatic carbocycles. The van der Waals surface area contributed by atoms with Crippen LogP contribution in [-0.2, 0) is 0 Å². The lowest BCUT2D eigenvalue weighted by Gasteiger charge is -2.34. The average molecular weight is 287 g/mol. The van der Waals surface area contributed by atoms with Gasteiger partial charge in [-0.2, -0.15) is 0 Å². The molecule has 2 amide bonds. The summed E-state index contributed by atoms with van der Waals surface area (Å²) in [4.78, 5) is 13.4. The zero-order chi connectivity index (χ0) is 14.8. The third kappa shape index (κ3) is 3.14. The maximum absolute atomic E-state index is 11.6. The molecule has 0 spiro atoms. The number of nitrogens with zero attached hydrogens (tertiary/aromatic N) is 1. The fourth-order valence-electron chi connectivity index (χ4n) is 3.55. The summed E-state index contributed by atoms with van der Waals surface area (Å²) in [6.07, 6.45) is 3.87. The highest BCUT2D eigenvalue weighted by molar-refractivity contribution is 5.94. The summed E-state index contributed by atoms with van der Waals surface area (Å²) in [6, 6.07) is 8.82.